The molecule has 0 bridgehead atoms. The first-order valence-electron chi connectivity index (χ1n) is 5.22. The number of carbonyl (C=O) groups excluding carboxylic acids is 1. The van der Waals surface area contributed by atoms with Crippen molar-refractivity contribution in [1.29, 1.82) is 0 Å². The molecule has 3 nitrogen and oxygen atoms in total. The molecule has 0 saturated heterocycles. The van der Waals surface area contributed by atoms with E-state index in [1.165, 1.54) is 0 Å². The van der Waals surface area contributed by atoms with Gasteiger partial charge in [0, 0.05) is 6.42 Å². The summed E-state index contributed by atoms with van der Waals surface area (Å²) in [6, 6.07) is 5.45. The molecule has 1 aromatic rings. The third kappa shape index (κ3) is 3.12. The highest BCUT2D eigenvalue weighted by Gasteiger charge is 2.08. The van der Waals surface area contributed by atoms with Gasteiger partial charge in [-0.15, -0.1) is 0 Å². The first-order chi connectivity index (χ1) is 7.71. The summed E-state index contributed by atoms with van der Waals surface area (Å²) in [6.07, 6.45) is 4.24. The molecule has 0 radical (unpaired) electrons. The summed E-state index contributed by atoms with van der Waals surface area (Å²) in [4.78, 5) is 11.2. The third-order valence-corrected chi connectivity index (χ3v) is 2.06. The maximum Gasteiger partial charge on any atom is 0.311 e. The van der Waals surface area contributed by atoms with Crippen LogP contribution in [0.3, 0.4) is 0 Å². The van der Waals surface area contributed by atoms with Crippen molar-refractivity contribution in [3.8, 4) is 11.5 Å². The standard InChI is InChI=1S/C13H16O3/c1-4-6-10-7-8-11(12(9-10)15-3)16-13(14)5-2/h4,6-9H,5H2,1-3H3. The molecule has 0 unspecified atom stereocenters. The summed E-state index contributed by atoms with van der Waals surface area (Å²) >= 11 is 0. The third-order valence-electron chi connectivity index (χ3n) is 2.06. The van der Waals surface area contributed by atoms with Crippen molar-refractivity contribution >= 4 is 12.0 Å². The molecule has 0 aliphatic heterocycles. The van der Waals surface area contributed by atoms with Gasteiger partial charge in [0.25, 0.3) is 0 Å². The van der Waals surface area contributed by atoms with Crippen molar-refractivity contribution in [3.63, 3.8) is 0 Å². The van der Waals surface area contributed by atoms with Crippen molar-refractivity contribution in [2.24, 2.45) is 0 Å². The fourth-order valence-electron chi connectivity index (χ4n) is 1.26. The summed E-state index contributed by atoms with van der Waals surface area (Å²) in [5.41, 5.74) is 1.01. The average Bonchev–Trinajstić information content (AvgIpc) is 2.31. The van der Waals surface area contributed by atoms with E-state index in [1.807, 2.05) is 31.2 Å². The minimum atomic E-state index is -0.267. The SMILES string of the molecule is CC=Cc1ccc(OC(=O)CC)c(OC)c1. The Morgan fingerprint density at radius 1 is 1.38 bits per heavy atom. The molecule has 0 aromatic heterocycles. The maximum atomic E-state index is 11.2. The Hall–Kier alpha value is -1.77. The van der Waals surface area contributed by atoms with Gasteiger partial charge in [0.1, 0.15) is 0 Å². The summed E-state index contributed by atoms with van der Waals surface area (Å²) in [6.45, 7) is 3.69. The van der Waals surface area contributed by atoms with E-state index in [0.29, 0.717) is 17.9 Å². The molecule has 0 atom stereocenters. The summed E-state index contributed by atoms with van der Waals surface area (Å²) in [5, 5.41) is 0. The van der Waals surface area contributed by atoms with Gasteiger partial charge in [0.15, 0.2) is 11.5 Å². The second-order valence-corrected chi connectivity index (χ2v) is 3.24. The Morgan fingerprint density at radius 3 is 2.69 bits per heavy atom. The molecular formula is C13H16O3. The van der Waals surface area contributed by atoms with Crippen molar-refractivity contribution in [2.45, 2.75) is 20.3 Å². The van der Waals surface area contributed by atoms with E-state index < -0.39 is 0 Å². The molecule has 3 heteroatoms. The van der Waals surface area contributed by atoms with Gasteiger partial charge in [-0.1, -0.05) is 25.1 Å². The van der Waals surface area contributed by atoms with Crippen molar-refractivity contribution in [3.05, 3.63) is 29.8 Å². The van der Waals surface area contributed by atoms with Crippen LogP contribution in [-0.4, -0.2) is 13.1 Å². The zero-order valence-corrected chi connectivity index (χ0v) is 9.82. The molecule has 0 N–H and O–H groups in total. The quantitative estimate of drug-likeness (QED) is 0.578. The van der Waals surface area contributed by atoms with Gasteiger partial charge in [-0.05, 0) is 24.6 Å². The lowest BCUT2D eigenvalue weighted by molar-refractivity contribution is -0.134. The molecule has 0 aliphatic rings. The minimum absolute atomic E-state index is 0.267. The van der Waals surface area contributed by atoms with Crippen molar-refractivity contribution in [2.75, 3.05) is 7.11 Å². The van der Waals surface area contributed by atoms with Gasteiger partial charge in [0.05, 0.1) is 7.11 Å². The van der Waals surface area contributed by atoms with E-state index >= 15 is 0 Å². The molecule has 86 valence electrons. The van der Waals surface area contributed by atoms with E-state index in [0.717, 1.165) is 5.56 Å². The second kappa shape index (κ2) is 5.95. The summed E-state index contributed by atoms with van der Waals surface area (Å²) < 4.78 is 10.3. The lowest BCUT2D eigenvalue weighted by Crippen LogP contribution is -2.06. The van der Waals surface area contributed by atoms with E-state index in [9.17, 15) is 4.79 Å². The van der Waals surface area contributed by atoms with Crippen LogP contribution >= 0.6 is 0 Å². The lowest BCUT2D eigenvalue weighted by atomic mass is 10.2. The van der Waals surface area contributed by atoms with Crippen LogP contribution in [0.15, 0.2) is 24.3 Å². The van der Waals surface area contributed by atoms with E-state index in [4.69, 9.17) is 9.47 Å². The van der Waals surface area contributed by atoms with Crippen molar-refractivity contribution < 1.29 is 14.3 Å². The Labute approximate surface area is 95.7 Å². The number of rotatable bonds is 4. The van der Waals surface area contributed by atoms with Gasteiger partial charge in [0.2, 0.25) is 0 Å². The topological polar surface area (TPSA) is 35.5 Å². The normalized spacial score (nSPS) is 10.4. The molecule has 16 heavy (non-hydrogen) atoms. The van der Waals surface area contributed by atoms with Crippen LogP contribution in [0.5, 0.6) is 11.5 Å². The predicted molar refractivity (Wildman–Crippen MR) is 63.6 cm³/mol. The molecule has 1 rings (SSSR count). The second-order valence-electron chi connectivity index (χ2n) is 3.24. The number of benzene rings is 1. The Morgan fingerprint density at radius 2 is 2.12 bits per heavy atom. The van der Waals surface area contributed by atoms with Gasteiger partial charge in [-0.3, -0.25) is 4.79 Å². The highest BCUT2D eigenvalue weighted by molar-refractivity contribution is 5.73. The monoisotopic (exact) mass is 220 g/mol. The number of esters is 1. The number of hydrogen-bond donors (Lipinski definition) is 0. The Bertz CT molecular complexity index is 394. The van der Waals surface area contributed by atoms with E-state index in [1.54, 1.807) is 20.1 Å². The highest BCUT2D eigenvalue weighted by atomic mass is 16.6. The largest absolute Gasteiger partial charge is 0.493 e. The number of allylic oxidation sites excluding steroid dienone is 1. The number of hydrogen-bond acceptors (Lipinski definition) is 3. The van der Waals surface area contributed by atoms with Gasteiger partial charge < -0.3 is 9.47 Å². The van der Waals surface area contributed by atoms with Gasteiger partial charge in [-0.25, -0.2) is 0 Å². The molecule has 0 spiro atoms. The lowest BCUT2D eigenvalue weighted by Gasteiger charge is -2.09. The van der Waals surface area contributed by atoms with Crippen LogP contribution in [0.2, 0.25) is 0 Å². The van der Waals surface area contributed by atoms with Crippen LogP contribution in [0.1, 0.15) is 25.8 Å². The summed E-state index contributed by atoms with van der Waals surface area (Å²) in [5.74, 6) is 0.761. The van der Waals surface area contributed by atoms with Crippen LogP contribution in [0, 0.1) is 0 Å². The van der Waals surface area contributed by atoms with Gasteiger partial charge in [-0.2, -0.15) is 0 Å². The zero-order valence-electron chi connectivity index (χ0n) is 9.82. The maximum absolute atomic E-state index is 11.2. The molecule has 0 saturated carbocycles. The minimum Gasteiger partial charge on any atom is -0.493 e. The van der Waals surface area contributed by atoms with Crippen LogP contribution < -0.4 is 9.47 Å². The average molecular weight is 220 g/mol. The first kappa shape index (κ1) is 12.3. The Balaban J connectivity index is 2.97. The highest BCUT2D eigenvalue weighted by Crippen LogP contribution is 2.28. The van der Waals surface area contributed by atoms with Crippen molar-refractivity contribution in [1.82, 2.24) is 0 Å². The Kier molecular flexibility index (Phi) is 4.58. The fourth-order valence-corrected chi connectivity index (χ4v) is 1.26. The molecule has 0 aliphatic carbocycles. The van der Waals surface area contributed by atoms with E-state index in [-0.39, 0.29) is 5.97 Å². The molecular weight excluding hydrogens is 204 g/mol. The van der Waals surface area contributed by atoms with Crippen LogP contribution in [-0.2, 0) is 4.79 Å². The number of carbonyl (C=O) groups is 1. The van der Waals surface area contributed by atoms with E-state index in [2.05, 4.69) is 0 Å². The van der Waals surface area contributed by atoms with Crippen LogP contribution in [0.25, 0.3) is 6.08 Å². The number of methoxy groups -OCH3 is 1. The molecule has 0 heterocycles. The fraction of sp³-hybridized carbons (Fsp3) is 0.308. The summed E-state index contributed by atoms with van der Waals surface area (Å²) in [7, 11) is 1.55. The number of ether oxygens (including phenoxy) is 2. The smallest absolute Gasteiger partial charge is 0.311 e. The zero-order chi connectivity index (χ0) is 12.0. The first-order valence-corrected chi connectivity index (χ1v) is 5.22. The molecule has 0 fully saturated rings. The van der Waals surface area contributed by atoms with Gasteiger partial charge >= 0.3 is 5.97 Å². The predicted octanol–water partition coefficient (Wildman–Crippen LogP) is 3.04. The molecule has 1 aromatic carbocycles. The molecule has 0 amide bonds. The van der Waals surface area contributed by atoms with Crippen LogP contribution in [0.4, 0.5) is 0 Å².